The van der Waals surface area contributed by atoms with E-state index in [0.29, 0.717) is 0 Å². The summed E-state index contributed by atoms with van der Waals surface area (Å²) >= 11 is 0. The summed E-state index contributed by atoms with van der Waals surface area (Å²) in [5, 5.41) is 0. The highest BCUT2D eigenvalue weighted by molar-refractivity contribution is 6.66. The zero-order valence-electron chi connectivity index (χ0n) is 12.4. The first kappa shape index (κ1) is 25.8. The van der Waals surface area contributed by atoms with Gasteiger partial charge in [0.25, 0.3) is 0 Å². The summed E-state index contributed by atoms with van der Waals surface area (Å²) in [4.78, 5) is 32.2. The second-order valence-corrected chi connectivity index (χ2v) is 6.94. The number of carbonyl (C=O) groups is 3. The van der Waals surface area contributed by atoms with E-state index in [2.05, 4.69) is 13.3 Å². The molecule has 0 aromatic carbocycles. The maximum atomic E-state index is 12.2. The lowest BCUT2D eigenvalue weighted by molar-refractivity contribution is -0.210. The van der Waals surface area contributed by atoms with Crippen molar-refractivity contribution >= 4 is 26.7 Å². The smallest absolute Gasteiger partial charge is 0.448 e. The lowest BCUT2D eigenvalue weighted by atomic mass is 10.5. The molecule has 0 aliphatic rings. The third-order valence-electron chi connectivity index (χ3n) is 2.15. The zero-order valence-corrected chi connectivity index (χ0v) is 13.4. The van der Waals surface area contributed by atoms with Crippen LogP contribution in [0.1, 0.15) is 6.42 Å². The predicted octanol–water partition coefficient (Wildman–Crippen LogP) is 3.19. The van der Waals surface area contributed by atoms with Crippen LogP contribution in [0.5, 0.6) is 0 Å². The third-order valence-corrected chi connectivity index (χ3v) is 4.51. The van der Waals surface area contributed by atoms with Gasteiger partial charge in [0.1, 0.15) is 0 Å². The van der Waals surface area contributed by atoms with Crippen molar-refractivity contribution in [3.63, 3.8) is 0 Å². The molecule has 0 radical (unpaired) electrons. The fraction of sp³-hybridized carbons (Fsp3) is 0.667. The second kappa shape index (κ2) is 8.03. The largest absolute Gasteiger partial charge is 0.706 e. The van der Waals surface area contributed by atoms with Crippen LogP contribution in [0.3, 0.4) is 0 Å². The number of halogens is 12. The van der Waals surface area contributed by atoms with Gasteiger partial charge >= 0.3 is 51.4 Å². The maximum Gasteiger partial charge on any atom is 0.706 e. The van der Waals surface area contributed by atoms with E-state index in [1.165, 1.54) is 0 Å². The Morgan fingerprint density at radius 2 is 0.821 bits per heavy atom. The van der Waals surface area contributed by atoms with Crippen LogP contribution in [0, 0.1) is 0 Å². The van der Waals surface area contributed by atoms with Gasteiger partial charge in [-0.3, -0.25) is 0 Å². The summed E-state index contributed by atoms with van der Waals surface area (Å²) in [7, 11) is -6.85. The molecule has 0 aliphatic heterocycles. The first-order valence-corrected chi connectivity index (χ1v) is 7.99. The van der Waals surface area contributed by atoms with Crippen LogP contribution in [-0.4, -0.2) is 51.4 Å². The molecular formula is C9H4F12O6Si. The molecule has 0 N–H and O–H groups in total. The van der Waals surface area contributed by atoms with Crippen LogP contribution in [0.2, 0.25) is 6.04 Å². The van der Waals surface area contributed by atoms with Crippen molar-refractivity contribution < 1.29 is 80.3 Å². The molecule has 0 saturated carbocycles. The molecule has 0 atom stereocenters. The van der Waals surface area contributed by atoms with Gasteiger partial charge in [-0.25, -0.2) is 14.4 Å². The van der Waals surface area contributed by atoms with E-state index in [9.17, 15) is 67.1 Å². The molecule has 164 valence electrons. The molecule has 0 saturated heterocycles. The first-order valence-electron chi connectivity index (χ1n) is 6.06. The number of alkyl halides is 12. The van der Waals surface area contributed by atoms with Crippen LogP contribution in [-0.2, 0) is 27.7 Å². The molecule has 0 spiro atoms. The number of rotatable bonds is 5. The Hall–Kier alpha value is -2.21. The highest BCUT2D eigenvalue weighted by Gasteiger charge is 2.63. The summed E-state index contributed by atoms with van der Waals surface area (Å²) in [6.45, 7) is 0. The molecule has 0 aromatic heterocycles. The topological polar surface area (TPSA) is 78.9 Å². The molecule has 0 amide bonds. The van der Waals surface area contributed by atoms with E-state index in [4.69, 9.17) is 0 Å². The molecule has 28 heavy (non-hydrogen) atoms. The summed E-state index contributed by atoms with van der Waals surface area (Å²) < 4.78 is 156. The van der Waals surface area contributed by atoms with E-state index < -0.39 is 63.9 Å². The van der Waals surface area contributed by atoms with Gasteiger partial charge in [-0.2, -0.15) is 52.7 Å². The van der Waals surface area contributed by atoms with Gasteiger partial charge in [0.2, 0.25) is 0 Å². The van der Waals surface area contributed by atoms with Crippen molar-refractivity contribution in [2.45, 2.75) is 37.2 Å². The second-order valence-electron chi connectivity index (χ2n) is 4.46. The number of carbonyl (C=O) groups excluding carboxylic acids is 3. The van der Waals surface area contributed by atoms with E-state index in [1.54, 1.807) is 0 Å². The van der Waals surface area contributed by atoms with Crippen molar-refractivity contribution in [3.8, 4) is 0 Å². The predicted molar refractivity (Wildman–Crippen MR) is 57.7 cm³/mol. The Morgan fingerprint density at radius 3 is 1.00 bits per heavy atom. The summed E-state index contributed by atoms with van der Waals surface area (Å²) in [5.74, 6) is -11.0. The van der Waals surface area contributed by atoms with Gasteiger partial charge in [-0.1, -0.05) is 0 Å². The average Bonchev–Trinajstić information content (AvgIpc) is 2.41. The normalized spacial score (nSPS) is 13.7. The Bertz CT molecular complexity index is 533. The quantitative estimate of drug-likeness (QED) is 0.460. The highest BCUT2D eigenvalue weighted by atomic mass is 28.4. The molecular weight excluding hydrogens is 460 g/mol. The highest BCUT2D eigenvalue weighted by Crippen LogP contribution is 2.33. The average molecular weight is 464 g/mol. The Balaban J connectivity index is 6.18. The fourth-order valence-electron chi connectivity index (χ4n) is 1.11. The van der Waals surface area contributed by atoms with E-state index in [1.807, 2.05) is 0 Å². The van der Waals surface area contributed by atoms with Crippen molar-refractivity contribution in [3.05, 3.63) is 0 Å². The van der Waals surface area contributed by atoms with Crippen molar-refractivity contribution in [2.24, 2.45) is 0 Å². The molecule has 0 heterocycles. The van der Waals surface area contributed by atoms with Crippen molar-refractivity contribution in [1.82, 2.24) is 0 Å². The summed E-state index contributed by atoms with van der Waals surface area (Å²) in [6.07, 6.45) is -26.5. The Kier molecular flexibility index (Phi) is 7.40. The molecule has 0 unspecified atom stereocenters. The monoisotopic (exact) mass is 464 g/mol. The van der Waals surface area contributed by atoms with E-state index in [0.717, 1.165) is 0 Å². The molecule has 0 fully saturated rings. The van der Waals surface area contributed by atoms with Crippen LogP contribution in [0.15, 0.2) is 0 Å². The number of hydrogen-bond acceptors (Lipinski definition) is 6. The molecule has 0 aliphatic carbocycles. The minimum atomic E-state index is -6.85. The van der Waals surface area contributed by atoms with Crippen LogP contribution < -0.4 is 0 Å². The molecule has 0 bridgehead atoms. The van der Waals surface area contributed by atoms with Gasteiger partial charge in [-0.15, -0.1) is 0 Å². The fourth-order valence-corrected chi connectivity index (χ4v) is 3.32. The van der Waals surface area contributed by atoms with Gasteiger partial charge in [-0.05, 0) is 0 Å². The van der Waals surface area contributed by atoms with Gasteiger partial charge < -0.3 is 13.3 Å². The Morgan fingerprint density at radius 1 is 0.571 bits per heavy atom. The van der Waals surface area contributed by atoms with Crippen molar-refractivity contribution in [2.75, 3.05) is 0 Å². The zero-order chi connectivity index (χ0) is 22.8. The minimum Gasteiger partial charge on any atom is -0.448 e. The van der Waals surface area contributed by atoms with Crippen LogP contribution in [0.4, 0.5) is 52.7 Å². The van der Waals surface area contributed by atoms with Crippen molar-refractivity contribution in [1.29, 1.82) is 0 Å². The maximum absolute atomic E-state index is 12.2. The van der Waals surface area contributed by atoms with E-state index in [-0.39, 0.29) is 0 Å². The van der Waals surface area contributed by atoms with E-state index >= 15 is 0 Å². The lowest BCUT2D eigenvalue weighted by Crippen LogP contribution is -2.55. The minimum absolute atomic E-state index is 2.44. The lowest BCUT2D eigenvalue weighted by Gasteiger charge is -2.28. The van der Waals surface area contributed by atoms with Gasteiger partial charge in [0, 0.05) is 0 Å². The summed E-state index contributed by atoms with van der Waals surface area (Å²) in [5.41, 5.74) is 0. The molecule has 0 aromatic rings. The van der Waals surface area contributed by atoms with Crippen LogP contribution in [0.25, 0.3) is 0 Å². The molecule has 6 nitrogen and oxygen atoms in total. The Labute approximate surface area is 145 Å². The SMILES string of the molecule is O=C(O[Si](CCC(F)(F)F)(OC(=O)C(F)(F)F)OC(=O)C(F)(F)F)C(F)(F)F. The third kappa shape index (κ3) is 8.65. The van der Waals surface area contributed by atoms with Crippen LogP contribution >= 0.6 is 0 Å². The molecule has 19 heteroatoms. The van der Waals surface area contributed by atoms with Gasteiger partial charge in [0.15, 0.2) is 0 Å². The van der Waals surface area contributed by atoms with Gasteiger partial charge in [0.05, 0.1) is 12.5 Å². The molecule has 0 rings (SSSR count). The summed E-state index contributed by atoms with van der Waals surface area (Å²) in [6, 6.07) is -2.44. The standard InChI is InChI=1S/C9H4F12O6Si/c10-6(11,12)1-2-28(25-3(22)7(13,14)15,26-4(23)8(16,17)18)27-5(24)9(19,20)21/h1-2H2. The first-order chi connectivity index (χ1) is 12.1. The number of hydrogen-bond donors (Lipinski definition) is 0.